The summed E-state index contributed by atoms with van der Waals surface area (Å²) in [5.41, 5.74) is 2.45. The number of nitrogens with one attached hydrogen (secondary N) is 1. The molecule has 0 radical (unpaired) electrons. The molecule has 138 valence electrons. The summed E-state index contributed by atoms with van der Waals surface area (Å²) in [5, 5.41) is 7.21. The van der Waals surface area contributed by atoms with Crippen LogP contribution in [0, 0.1) is 6.92 Å². The average Bonchev–Trinajstić information content (AvgIpc) is 3.24. The lowest BCUT2D eigenvalue weighted by Gasteiger charge is -2.16. The quantitative estimate of drug-likeness (QED) is 0.540. The third-order valence-corrected chi connectivity index (χ3v) is 5.36. The Bertz CT molecular complexity index is 1220. The van der Waals surface area contributed by atoms with E-state index in [1.54, 1.807) is 36.6 Å². The first-order chi connectivity index (χ1) is 13.0. The summed E-state index contributed by atoms with van der Waals surface area (Å²) in [6, 6.07) is 10.4. The van der Waals surface area contributed by atoms with Crippen LogP contribution in [0.15, 0.2) is 56.3 Å². The molecular formula is C19H17BrN4O3. The fourth-order valence-corrected chi connectivity index (χ4v) is 3.57. The molecule has 4 rings (SSSR count). The van der Waals surface area contributed by atoms with E-state index in [1.165, 1.54) is 4.68 Å². The molecule has 1 atom stereocenters. The van der Waals surface area contributed by atoms with E-state index in [0.717, 1.165) is 15.6 Å². The fourth-order valence-electron chi connectivity index (χ4n) is 3.14. The number of halogens is 1. The van der Waals surface area contributed by atoms with E-state index in [0.29, 0.717) is 23.5 Å². The molecule has 0 saturated heterocycles. The normalized spacial score (nSPS) is 12.6. The number of aryl methyl sites for hydroxylation is 1. The van der Waals surface area contributed by atoms with Gasteiger partial charge in [-0.3, -0.25) is 14.0 Å². The van der Waals surface area contributed by atoms with Crippen LogP contribution in [0.5, 0.6) is 0 Å². The number of benzene rings is 1. The molecule has 0 saturated carbocycles. The van der Waals surface area contributed by atoms with Crippen molar-refractivity contribution >= 4 is 38.5 Å². The Hall–Kier alpha value is -2.87. The van der Waals surface area contributed by atoms with Gasteiger partial charge in [-0.2, -0.15) is 5.10 Å². The maximum atomic E-state index is 12.9. The van der Waals surface area contributed by atoms with Gasteiger partial charge in [0.1, 0.15) is 17.4 Å². The minimum atomic E-state index is -0.745. The lowest BCUT2D eigenvalue weighted by atomic mass is 10.2. The monoisotopic (exact) mass is 428 g/mol. The van der Waals surface area contributed by atoms with Gasteiger partial charge < -0.3 is 9.73 Å². The van der Waals surface area contributed by atoms with Crippen LogP contribution in [0.3, 0.4) is 0 Å². The number of fused-ring (bicyclic) bond motifs is 3. The number of carbonyl (C=O) groups excluding carboxylic acids is 1. The van der Waals surface area contributed by atoms with Crippen LogP contribution in [-0.4, -0.2) is 20.1 Å². The highest BCUT2D eigenvalue weighted by atomic mass is 79.9. The molecule has 0 aliphatic rings. The van der Waals surface area contributed by atoms with Crippen LogP contribution in [0.1, 0.15) is 24.4 Å². The molecule has 27 heavy (non-hydrogen) atoms. The summed E-state index contributed by atoms with van der Waals surface area (Å²) < 4.78 is 9.26. The second-order valence-corrected chi connectivity index (χ2v) is 7.17. The molecule has 0 aliphatic heterocycles. The average molecular weight is 429 g/mol. The summed E-state index contributed by atoms with van der Waals surface area (Å²) in [6.07, 6.45) is 1.57. The SMILES string of the molecule is Cc1nn([C@H](C)C(=O)NCc2ccccc2Br)c(=O)c2cc3occc3n12. The molecule has 8 heteroatoms. The molecule has 0 fully saturated rings. The summed E-state index contributed by atoms with van der Waals surface area (Å²) in [4.78, 5) is 25.5. The number of aromatic nitrogens is 3. The lowest BCUT2D eigenvalue weighted by molar-refractivity contribution is -0.124. The number of furan rings is 1. The standard InChI is InChI=1S/C19H17BrN4O3/c1-11(18(25)21-10-13-5-3-4-6-14(13)20)24-19(26)16-9-17-15(7-8-27-17)23(16)12(2)22-24/h3-9,11H,10H2,1-2H3,(H,21,25)/t11-/m1/s1. The number of amides is 1. The maximum absolute atomic E-state index is 12.9. The number of nitrogens with zero attached hydrogens (tertiary/aromatic N) is 3. The van der Waals surface area contributed by atoms with E-state index in [-0.39, 0.29) is 11.5 Å². The van der Waals surface area contributed by atoms with Crippen molar-refractivity contribution in [1.29, 1.82) is 0 Å². The van der Waals surface area contributed by atoms with Crippen LogP contribution in [0.4, 0.5) is 0 Å². The Balaban J connectivity index is 1.65. The molecule has 0 aliphatic carbocycles. The first-order valence-corrected chi connectivity index (χ1v) is 9.26. The van der Waals surface area contributed by atoms with E-state index < -0.39 is 6.04 Å². The molecule has 0 bridgehead atoms. The van der Waals surface area contributed by atoms with E-state index in [1.807, 2.05) is 24.3 Å². The fraction of sp³-hybridized carbons (Fsp3) is 0.211. The molecule has 3 aromatic heterocycles. The molecular weight excluding hydrogens is 412 g/mol. The number of hydrogen-bond acceptors (Lipinski definition) is 4. The van der Waals surface area contributed by atoms with Crippen molar-refractivity contribution in [3.63, 3.8) is 0 Å². The summed E-state index contributed by atoms with van der Waals surface area (Å²) >= 11 is 3.46. The zero-order valence-corrected chi connectivity index (χ0v) is 16.4. The topological polar surface area (TPSA) is 81.5 Å². The molecule has 3 heterocycles. The third-order valence-electron chi connectivity index (χ3n) is 4.58. The van der Waals surface area contributed by atoms with Gasteiger partial charge in [-0.25, -0.2) is 4.68 Å². The maximum Gasteiger partial charge on any atom is 0.291 e. The highest BCUT2D eigenvalue weighted by Gasteiger charge is 2.21. The van der Waals surface area contributed by atoms with Crippen LogP contribution in [0.25, 0.3) is 16.6 Å². The van der Waals surface area contributed by atoms with E-state index in [4.69, 9.17) is 4.42 Å². The van der Waals surface area contributed by atoms with Crippen LogP contribution >= 0.6 is 15.9 Å². The van der Waals surface area contributed by atoms with Gasteiger partial charge in [0.05, 0.1) is 11.8 Å². The van der Waals surface area contributed by atoms with Crippen LogP contribution in [0.2, 0.25) is 0 Å². The summed E-state index contributed by atoms with van der Waals surface area (Å²) in [7, 11) is 0. The van der Waals surface area contributed by atoms with Crippen molar-refractivity contribution in [2.45, 2.75) is 26.4 Å². The highest BCUT2D eigenvalue weighted by Crippen LogP contribution is 2.20. The van der Waals surface area contributed by atoms with Gasteiger partial charge in [0, 0.05) is 23.2 Å². The molecule has 1 aromatic carbocycles. The number of carbonyl (C=O) groups is 1. The molecule has 4 aromatic rings. The summed E-state index contributed by atoms with van der Waals surface area (Å²) in [6.45, 7) is 3.81. The Labute approximate surface area is 162 Å². The third kappa shape index (κ3) is 2.95. The van der Waals surface area contributed by atoms with Crippen LogP contribution in [-0.2, 0) is 11.3 Å². The molecule has 0 spiro atoms. The number of rotatable bonds is 4. The minimum Gasteiger partial charge on any atom is -0.463 e. The summed E-state index contributed by atoms with van der Waals surface area (Å²) in [5.74, 6) is 0.325. The van der Waals surface area contributed by atoms with Gasteiger partial charge in [-0.05, 0) is 25.5 Å². The molecule has 7 nitrogen and oxygen atoms in total. The Kier molecular flexibility index (Phi) is 4.35. The van der Waals surface area contributed by atoms with Gasteiger partial charge in [-0.15, -0.1) is 0 Å². The highest BCUT2D eigenvalue weighted by molar-refractivity contribution is 9.10. The Morgan fingerprint density at radius 2 is 2.07 bits per heavy atom. The van der Waals surface area contributed by atoms with E-state index in [9.17, 15) is 9.59 Å². The van der Waals surface area contributed by atoms with Gasteiger partial charge in [0.15, 0.2) is 5.58 Å². The second-order valence-electron chi connectivity index (χ2n) is 6.32. The smallest absolute Gasteiger partial charge is 0.291 e. The van der Waals surface area contributed by atoms with Gasteiger partial charge in [0.2, 0.25) is 5.91 Å². The first-order valence-electron chi connectivity index (χ1n) is 8.46. The lowest BCUT2D eigenvalue weighted by Crippen LogP contribution is -2.38. The van der Waals surface area contributed by atoms with E-state index in [2.05, 4.69) is 26.3 Å². The predicted molar refractivity (Wildman–Crippen MR) is 105 cm³/mol. The minimum absolute atomic E-state index is 0.278. The van der Waals surface area contributed by atoms with Crippen molar-refractivity contribution in [2.24, 2.45) is 0 Å². The van der Waals surface area contributed by atoms with Crippen molar-refractivity contribution in [3.8, 4) is 0 Å². The van der Waals surface area contributed by atoms with Crippen LogP contribution < -0.4 is 10.9 Å². The van der Waals surface area contributed by atoms with Crippen molar-refractivity contribution in [2.75, 3.05) is 0 Å². The predicted octanol–water partition coefficient (Wildman–Crippen LogP) is 3.19. The van der Waals surface area contributed by atoms with Gasteiger partial charge in [-0.1, -0.05) is 34.1 Å². The zero-order chi connectivity index (χ0) is 19.1. The second kappa shape index (κ2) is 6.70. The largest absolute Gasteiger partial charge is 0.463 e. The first kappa shape index (κ1) is 17.5. The Morgan fingerprint density at radius 1 is 1.30 bits per heavy atom. The number of hydrogen-bond donors (Lipinski definition) is 1. The van der Waals surface area contributed by atoms with Crippen molar-refractivity contribution in [3.05, 3.63) is 68.9 Å². The van der Waals surface area contributed by atoms with Gasteiger partial charge >= 0.3 is 0 Å². The molecule has 1 amide bonds. The van der Waals surface area contributed by atoms with E-state index >= 15 is 0 Å². The van der Waals surface area contributed by atoms with Crippen molar-refractivity contribution in [1.82, 2.24) is 19.5 Å². The zero-order valence-electron chi connectivity index (χ0n) is 14.8. The molecule has 1 N–H and O–H groups in total. The Morgan fingerprint density at radius 3 is 2.85 bits per heavy atom. The van der Waals surface area contributed by atoms with Gasteiger partial charge in [0.25, 0.3) is 5.56 Å². The molecule has 0 unspecified atom stereocenters. The van der Waals surface area contributed by atoms with Crippen molar-refractivity contribution < 1.29 is 9.21 Å².